The molecule has 5 N–H and O–H groups in total. The molecular weight excluding hydrogens is 542 g/mol. The SMILES string of the molecule is C=CCNC1=C2C[C@@H](C)C[C@@H](OC)[C@H](O)[C@H](C)/C=C(/C)[C@@H](OC(N)=O)[C@H](OC)/C=C\C=C(\C)C(=O)NC(=CC1=O)C2=O. The van der Waals surface area contributed by atoms with E-state index in [2.05, 4.69) is 17.2 Å². The number of hydrogen-bond acceptors (Lipinski definition) is 9. The summed E-state index contributed by atoms with van der Waals surface area (Å²) in [6.07, 6.45) is 5.34. The van der Waals surface area contributed by atoms with Gasteiger partial charge in [-0.15, -0.1) is 6.58 Å². The molecule has 0 unspecified atom stereocenters. The van der Waals surface area contributed by atoms with Gasteiger partial charge < -0.3 is 35.7 Å². The van der Waals surface area contributed by atoms with Gasteiger partial charge in [0.15, 0.2) is 6.10 Å². The lowest BCUT2D eigenvalue weighted by atomic mass is 9.85. The highest BCUT2D eigenvalue weighted by atomic mass is 16.6. The van der Waals surface area contributed by atoms with Crippen LogP contribution < -0.4 is 16.4 Å². The van der Waals surface area contributed by atoms with E-state index in [0.29, 0.717) is 12.0 Å². The van der Waals surface area contributed by atoms with E-state index in [1.807, 2.05) is 6.92 Å². The number of nitrogens with two attached hydrogens (primary N) is 1. The Morgan fingerprint density at radius 1 is 1.21 bits per heavy atom. The fourth-order valence-corrected chi connectivity index (χ4v) is 4.95. The first-order valence-electron chi connectivity index (χ1n) is 13.8. The smallest absolute Gasteiger partial charge is 0.405 e. The Kier molecular flexibility index (Phi) is 13.1. The van der Waals surface area contributed by atoms with Crippen molar-refractivity contribution in [2.75, 3.05) is 20.8 Å². The minimum absolute atomic E-state index is 0.132. The second kappa shape index (κ2) is 16.0. The monoisotopic (exact) mass is 585 g/mol. The number of fused-ring (bicyclic) bond motifs is 2. The molecule has 0 aromatic carbocycles. The molecule has 2 amide bonds. The van der Waals surface area contributed by atoms with Crippen LogP contribution in [0, 0.1) is 11.8 Å². The second-order valence-electron chi connectivity index (χ2n) is 10.6. The van der Waals surface area contributed by atoms with Crippen molar-refractivity contribution in [3.63, 3.8) is 0 Å². The summed E-state index contributed by atoms with van der Waals surface area (Å²) in [6, 6.07) is 0. The number of hydrogen-bond donors (Lipinski definition) is 4. The Labute approximate surface area is 247 Å². The van der Waals surface area contributed by atoms with E-state index < -0.39 is 53.9 Å². The van der Waals surface area contributed by atoms with E-state index in [-0.39, 0.29) is 41.4 Å². The third-order valence-electron chi connectivity index (χ3n) is 7.22. The summed E-state index contributed by atoms with van der Waals surface area (Å²) in [5.41, 5.74) is 6.42. The molecular formula is C31H43N3O8. The van der Waals surface area contributed by atoms with Crippen molar-refractivity contribution in [2.24, 2.45) is 17.6 Å². The third kappa shape index (κ3) is 9.10. The zero-order valence-corrected chi connectivity index (χ0v) is 25.1. The maximum Gasteiger partial charge on any atom is 0.405 e. The van der Waals surface area contributed by atoms with E-state index in [9.17, 15) is 24.3 Å². The van der Waals surface area contributed by atoms with Crippen LogP contribution in [0.4, 0.5) is 4.79 Å². The van der Waals surface area contributed by atoms with E-state index >= 15 is 0 Å². The number of allylic oxidation sites excluding steroid dienone is 4. The Morgan fingerprint density at radius 2 is 1.90 bits per heavy atom. The first-order chi connectivity index (χ1) is 19.8. The fourth-order valence-electron chi connectivity index (χ4n) is 4.95. The number of carbonyl (C=O) groups is 4. The number of carbonyl (C=O) groups excluding carboxylic acids is 4. The molecule has 0 aromatic rings. The topological polar surface area (TPSA) is 166 Å². The second-order valence-corrected chi connectivity index (χ2v) is 10.6. The van der Waals surface area contributed by atoms with Gasteiger partial charge in [-0.25, -0.2) is 4.79 Å². The number of primary amides is 1. The summed E-state index contributed by atoms with van der Waals surface area (Å²) >= 11 is 0. The Hall–Kier alpha value is -3.80. The molecule has 1 aliphatic carbocycles. The van der Waals surface area contributed by atoms with Crippen LogP contribution in [-0.4, -0.2) is 73.9 Å². The summed E-state index contributed by atoms with van der Waals surface area (Å²) in [4.78, 5) is 51.3. The van der Waals surface area contributed by atoms with Crippen LogP contribution >= 0.6 is 0 Å². The molecule has 6 atom stereocenters. The molecule has 2 bridgehead atoms. The van der Waals surface area contributed by atoms with Gasteiger partial charge in [0.05, 0.1) is 23.6 Å². The zero-order valence-electron chi connectivity index (χ0n) is 25.1. The van der Waals surface area contributed by atoms with Gasteiger partial charge in [0.25, 0.3) is 5.91 Å². The van der Waals surface area contributed by atoms with Crippen molar-refractivity contribution in [2.45, 2.75) is 65.0 Å². The van der Waals surface area contributed by atoms with Gasteiger partial charge in [0, 0.05) is 43.9 Å². The normalized spacial score (nSPS) is 31.6. The highest BCUT2D eigenvalue weighted by molar-refractivity contribution is 6.23. The average molecular weight is 586 g/mol. The number of nitrogens with one attached hydrogen (secondary N) is 2. The Bertz CT molecular complexity index is 1210. The average Bonchev–Trinajstić information content (AvgIpc) is 2.94. The first kappa shape index (κ1) is 34.4. The highest BCUT2D eigenvalue weighted by Gasteiger charge is 2.33. The largest absolute Gasteiger partial charge is 0.439 e. The maximum atomic E-state index is 13.5. The lowest BCUT2D eigenvalue weighted by molar-refractivity contribution is -0.120. The number of amides is 2. The summed E-state index contributed by atoms with van der Waals surface area (Å²) in [5.74, 6) is -2.14. The van der Waals surface area contributed by atoms with Crippen molar-refractivity contribution >= 4 is 23.6 Å². The summed E-state index contributed by atoms with van der Waals surface area (Å²) < 4.78 is 16.6. The van der Waals surface area contributed by atoms with Crippen LogP contribution in [0.25, 0.3) is 0 Å². The van der Waals surface area contributed by atoms with Crippen LogP contribution in [0.2, 0.25) is 0 Å². The zero-order chi connectivity index (χ0) is 31.6. The number of aliphatic hydroxyl groups is 1. The highest BCUT2D eigenvalue weighted by Crippen LogP contribution is 2.28. The number of methoxy groups -OCH3 is 2. The predicted molar refractivity (Wildman–Crippen MR) is 158 cm³/mol. The molecule has 2 rings (SSSR count). The number of rotatable bonds is 6. The molecule has 0 saturated carbocycles. The maximum absolute atomic E-state index is 13.5. The van der Waals surface area contributed by atoms with Gasteiger partial charge in [-0.3, -0.25) is 14.4 Å². The fraction of sp³-hybridized carbons (Fsp3) is 0.484. The number of Topliss-reactive ketones (excluding diaryl/α,β-unsaturated/α-hetero) is 1. The molecule has 11 nitrogen and oxygen atoms in total. The van der Waals surface area contributed by atoms with Gasteiger partial charge in [-0.1, -0.05) is 44.2 Å². The lowest BCUT2D eigenvalue weighted by Crippen LogP contribution is -2.37. The van der Waals surface area contributed by atoms with Gasteiger partial charge in [0.1, 0.15) is 6.10 Å². The van der Waals surface area contributed by atoms with Crippen LogP contribution in [-0.2, 0) is 28.6 Å². The summed E-state index contributed by atoms with van der Waals surface area (Å²) in [5, 5.41) is 16.7. The standard InChI is InChI=1S/C31H43N3O8/c1-8-12-33-26-21-13-17(2)14-25(41-7)27(36)19(4)15-20(5)29(42-31(32)39)24(40-6)11-9-10-18(3)30(38)34-22(28(21)37)16-23(26)35/h8-11,15-17,19,24-25,27,29,33,36H,1,12-14H2,2-7H3,(H2,32,39)(H,34,38)/b11-9-,18-10-,20-15-/t17-,19-,24-,25-,27-,29-/m1/s1. The molecule has 0 radical (unpaired) electrons. The van der Waals surface area contributed by atoms with Crippen LogP contribution in [0.1, 0.15) is 40.5 Å². The molecule has 11 heteroatoms. The number of aliphatic hydroxyl groups excluding tert-OH is 1. The van der Waals surface area contributed by atoms with Gasteiger partial charge in [0.2, 0.25) is 11.6 Å². The molecule has 0 fully saturated rings. The minimum Gasteiger partial charge on any atom is -0.439 e. The van der Waals surface area contributed by atoms with Gasteiger partial charge in [-0.2, -0.15) is 0 Å². The number of ketones is 2. The van der Waals surface area contributed by atoms with E-state index in [1.165, 1.54) is 20.3 Å². The van der Waals surface area contributed by atoms with Crippen molar-refractivity contribution in [1.82, 2.24) is 10.6 Å². The molecule has 0 saturated heterocycles. The minimum atomic E-state index is -1.00. The van der Waals surface area contributed by atoms with Gasteiger partial charge in [-0.05, 0) is 38.2 Å². The van der Waals surface area contributed by atoms with Crippen LogP contribution in [0.15, 0.2) is 71.1 Å². The van der Waals surface area contributed by atoms with Crippen LogP contribution in [0.5, 0.6) is 0 Å². The summed E-state index contributed by atoms with van der Waals surface area (Å²) in [7, 11) is 2.92. The summed E-state index contributed by atoms with van der Waals surface area (Å²) in [6.45, 7) is 10.9. The molecule has 42 heavy (non-hydrogen) atoms. The molecule has 2 aliphatic rings. The van der Waals surface area contributed by atoms with Crippen molar-refractivity contribution in [3.05, 3.63) is 71.1 Å². The molecule has 230 valence electrons. The Balaban J connectivity index is 2.62. The third-order valence-corrected chi connectivity index (χ3v) is 7.22. The van der Waals surface area contributed by atoms with Crippen molar-refractivity contribution in [1.29, 1.82) is 0 Å². The van der Waals surface area contributed by atoms with E-state index in [0.717, 1.165) is 6.08 Å². The molecule has 0 spiro atoms. The number of ether oxygens (including phenoxy) is 3. The van der Waals surface area contributed by atoms with Crippen molar-refractivity contribution in [3.8, 4) is 0 Å². The molecule has 0 aromatic heterocycles. The van der Waals surface area contributed by atoms with Crippen molar-refractivity contribution < 1.29 is 38.5 Å². The quantitative estimate of drug-likeness (QED) is 0.271. The Morgan fingerprint density at radius 3 is 2.50 bits per heavy atom. The predicted octanol–water partition coefficient (Wildman–Crippen LogP) is 2.54. The van der Waals surface area contributed by atoms with Crippen LogP contribution in [0.3, 0.4) is 0 Å². The molecule has 1 heterocycles. The van der Waals surface area contributed by atoms with Gasteiger partial charge >= 0.3 is 6.09 Å². The van der Waals surface area contributed by atoms with E-state index in [1.54, 1.807) is 45.1 Å². The first-order valence-corrected chi connectivity index (χ1v) is 13.8. The molecule has 1 aliphatic heterocycles. The lowest BCUT2D eigenvalue weighted by Gasteiger charge is -2.30. The van der Waals surface area contributed by atoms with E-state index in [4.69, 9.17) is 19.9 Å².